The Morgan fingerprint density at radius 1 is 1.18 bits per heavy atom. The standard InChI is InChI=1S/C9H22N2/c1-9(2)5-8-11-7-4-3-6-10/h9,11H,3-8,10H2,1-2H3. The average molecular weight is 158 g/mol. The molecule has 0 atom stereocenters. The van der Waals surface area contributed by atoms with Crippen molar-refractivity contribution in [2.24, 2.45) is 11.7 Å². The van der Waals surface area contributed by atoms with Crippen LogP contribution in [0.2, 0.25) is 0 Å². The Kier molecular flexibility index (Phi) is 7.96. The van der Waals surface area contributed by atoms with Crippen molar-refractivity contribution >= 4 is 0 Å². The highest BCUT2D eigenvalue weighted by Crippen LogP contribution is 1.96. The van der Waals surface area contributed by atoms with Crippen LogP contribution in [0.1, 0.15) is 33.1 Å². The first-order chi connectivity index (χ1) is 5.27. The van der Waals surface area contributed by atoms with Crippen LogP contribution in [0.4, 0.5) is 0 Å². The van der Waals surface area contributed by atoms with Crippen molar-refractivity contribution in [3.8, 4) is 0 Å². The SMILES string of the molecule is CC(C)CCNCCCCN. The number of nitrogens with one attached hydrogen (secondary N) is 1. The normalized spacial score (nSPS) is 10.9. The topological polar surface area (TPSA) is 38.0 Å². The number of hydrogen-bond acceptors (Lipinski definition) is 2. The van der Waals surface area contributed by atoms with Crippen LogP contribution in [-0.2, 0) is 0 Å². The van der Waals surface area contributed by atoms with E-state index in [1.807, 2.05) is 0 Å². The maximum atomic E-state index is 5.36. The molecular weight excluding hydrogens is 136 g/mol. The third kappa shape index (κ3) is 9.92. The van der Waals surface area contributed by atoms with Gasteiger partial charge in [-0.05, 0) is 44.8 Å². The maximum absolute atomic E-state index is 5.36. The van der Waals surface area contributed by atoms with Crippen LogP contribution in [0.3, 0.4) is 0 Å². The van der Waals surface area contributed by atoms with Crippen LogP contribution in [-0.4, -0.2) is 19.6 Å². The number of rotatable bonds is 7. The van der Waals surface area contributed by atoms with Gasteiger partial charge in [-0.3, -0.25) is 0 Å². The van der Waals surface area contributed by atoms with E-state index in [1.165, 1.54) is 12.8 Å². The number of nitrogens with two attached hydrogens (primary N) is 1. The summed E-state index contributed by atoms with van der Waals surface area (Å²) < 4.78 is 0. The highest BCUT2D eigenvalue weighted by atomic mass is 14.8. The van der Waals surface area contributed by atoms with Crippen molar-refractivity contribution in [1.29, 1.82) is 0 Å². The summed E-state index contributed by atoms with van der Waals surface area (Å²) in [7, 11) is 0. The summed E-state index contributed by atoms with van der Waals surface area (Å²) in [4.78, 5) is 0. The summed E-state index contributed by atoms with van der Waals surface area (Å²) in [6, 6.07) is 0. The molecule has 0 saturated heterocycles. The van der Waals surface area contributed by atoms with Crippen LogP contribution in [0.15, 0.2) is 0 Å². The molecule has 0 aliphatic rings. The molecule has 0 aromatic carbocycles. The van der Waals surface area contributed by atoms with Gasteiger partial charge in [0.05, 0.1) is 0 Å². The third-order valence-corrected chi connectivity index (χ3v) is 1.71. The highest BCUT2D eigenvalue weighted by molar-refractivity contribution is 4.51. The van der Waals surface area contributed by atoms with Gasteiger partial charge in [0.1, 0.15) is 0 Å². The van der Waals surface area contributed by atoms with Crippen LogP contribution >= 0.6 is 0 Å². The average Bonchev–Trinajstić information content (AvgIpc) is 1.96. The van der Waals surface area contributed by atoms with Gasteiger partial charge in [-0.25, -0.2) is 0 Å². The molecule has 0 aromatic heterocycles. The van der Waals surface area contributed by atoms with Crippen LogP contribution in [0.5, 0.6) is 0 Å². The number of unbranched alkanes of at least 4 members (excludes halogenated alkanes) is 1. The van der Waals surface area contributed by atoms with Crippen LogP contribution in [0.25, 0.3) is 0 Å². The quantitative estimate of drug-likeness (QED) is 0.549. The molecule has 0 unspecified atom stereocenters. The first kappa shape index (κ1) is 10.9. The van der Waals surface area contributed by atoms with E-state index in [2.05, 4.69) is 19.2 Å². The number of hydrogen-bond donors (Lipinski definition) is 2. The molecule has 0 heterocycles. The summed E-state index contributed by atoms with van der Waals surface area (Å²) >= 11 is 0. The Balaban J connectivity index is 2.80. The Morgan fingerprint density at radius 3 is 2.45 bits per heavy atom. The van der Waals surface area contributed by atoms with Crippen molar-refractivity contribution < 1.29 is 0 Å². The van der Waals surface area contributed by atoms with E-state index in [1.54, 1.807) is 0 Å². The second-order valence-electron chi connectivity index (χ2n) is 3.43. The molecular formula is C9H22N2. The molecule has 0 aliphatic carbocycles. The monoisotopic (exact) mass is 158 g/mol. The van der Waals surface area contributed by atoms with Crippen molar-refractivity contribution in [1.82, 2.24) is 5.32 Å². The fraction of sp³-hybridized carbons (Fsp3) is 1.00. The van der Waals surface area contributed by atoms with Crippen molar-refractivity contribution in [2.75, 3.05) is 19.6 Å². The third-order valence-electron chi connectivity index (χ3n) is 1.71. The Labute approximate surface area is 70.5 Å². The van der Waals surface area contributed by atoms with Gasteiger partial charge in [0.15, 0.2) is 0 Å². The molecule has 0 bridgehead atoms. The summed E-state index contributed by atoms with van der Waals surface area (Å²) in [6.45, 7) is 7.61. The summed E-state index contributed by atoms with van der Waals surface area (Å²) in [5.41, 5.74) is 5.36. The van der Waals surface area contributed by atoms with Gasteiger partial charge in [-0.1, -0.05) is 13.8 Å². The van der Waals surface area contributed by atoms with Gasteiger partial charge in [-0.2, -0.15) is 0 Å². The van der Waals surface area contributed by atoms with E-state index < -0.39 is 0 Å². The van der Waals surface area contributed by atoms with Gasteiger partial charge in [0.25, 0.3) is 0 Å². The van der Waals surface area contributed by atoms with Gasteiger partial charge in [0, 0.05) is 0 Å². The molecule has 0 rings (SSSR count). The van der Waals surface area contributed by atoms with E-state index in [-0.39, 0.29) is 0 Å². The van der Waals surface area contributed by atoms with Crippen molar-refractivity contribution in [2.45, 2.75) is 33.1 Å². The molecule has 11 heavy (non-hydrogen) atoms. The lowest BCUT2D eigenvalue weighted by molar-refractivity contribution is 0.528. The van der Waals surface area contributed by atoms with E-state index in [0.717, 1.165) is 32.0 Å². The molecule has 0 saturated carbocycles. The molecule has 0 aliphatic heterocycles. The maximum Gasteiger partial charge on any atom is -0.00465 e. The first-order valence-corrected chi connectivity index (χ1v) is 4.68. The van der Waals surface area contributed by atoms with Gasteiger partial charge in [-0.15, -0.1) is 0 Å². The fourth-order valence-corrected chi connectivity index (χ4v) is 0.910. The molecule has 2 heteroatoms. The minimum Gasteiger partial charge on any atom is -0.330 e. The Morgan fingerprint density at radius 2 is 1.91 bits per heavy atom. The molecule has 0 spiro atoms. The zero-order chi connectivity index (χ0) is 8.53. The minimum atomic E-state index is 0.817. The molecule has 0 radical (unpaired) electrons. The van der Waals surface area contributed by atoms with Crippen LogP contribution < -0.4 is 11.1 Å². The van der Waals surface area contributed by atoms with Gasteiger partial charge in [0.2, 0.25) is 0 Å². The first-order valence-electron chi connectivity index (χ1n) is 4.68. The largest absolute Gasteiger partial charge is 0.330 e. The fourth-order valence-electron chi connectivity index (χ4n) is 0.910. The van der Waals surface area contributed by atoms with E-state index >= 15 is 0 Å². The lowest BCUT2D eigenvalue weighted by Gasteiger charge is -2.05. The van der Waals surface area contributed by atoms with E-state index in [4.69, 9.17) is 5.73 Å². The molecule has 2 nitrogen and oxygen atoms in total. The van der Waals surface area contributed by atoms with Crippen molar-refractivity contribution in [3.63, 3.8) is 0 Å². The lowest BCUT2D eigenvalue weighted by atomic mass is 10.1. The van der Waals surface area contributed by atoms with E-state index in [0.29, 0.717) is 0 Å². The van der Waals surface area contributed by atoms with E-state index in [9.17, 15) is 0 Å². The van der Waals surface area contributed by atoms with Crippen molar-refractivity contribution in [3.05, 3.63) is 0 Å². The minimum absolute atomic E-state index is 0.817. The molecule has 0 amide bonds. The zero-order valence-electron chi connectivity index (χ0n) is 7.90. The molecule has 0 fully saturated rings. The summed E-state index contributed by atoms with van der Waals surface area (Å²) in [5, 5.41) is 3.40. The smallest absolute Gasteiger partial charge is 0.00465 e. The lowest BCUT2D eigenvalue weighted by Crippen LogP contribution is -2.18. The van der Waals surface area contributed by atoms with Crippen LogP contribution in [0, 0.1) is 5.92 Å². The Bertz CT molecular complexity index is 72.0. The summed E-state index contributed by atoms with van der Waals surface area (Å²) in [5.74, 6) is 0.817. The Hall–Kier alpha value is -0.0800. The molecule has 0 aromatic rings. The highest BCUT2D eigenvalue weighted by Gasteiger charge is 1.92. The zero-order valence-corrected chi connectivity index (χ0v) is 7.90. The second kappa shape index (κ2) is 8.02. The predicted octanol–water partition coefficient (Wildman–Crippen LogP) is 1.36. The van der Waals surface area contributed by atoms with Gasteiger partial charge >= 0.3 is 0 Å². The predicted molar refractivity (Wildman–Crippen MR) is 50.6 cm³/mol. The van der Waals surface area contributed by atoms with Gasteiger partial charge < -0.3 is 11.1 Å². The summed E-state index contributed by atoms with van der Waals surface area (Å²) in [6.07, 6.45) is 3.64. The second-order valence-corrected chi connectivity index (χ2v) is 3.43. The molecule has 3 N–H and O–H groups in total. The molecule has 68 valence electrons.